The molecule has 2 fully saturated rings. The van der Waals surface area contributed by atoms with Crippen LogP contribution in [0.3, 0.4) is 0 Å². The molecule has 0 aromatic heterocycles. The van der Waals surface area contributed by atoms with Crippen LogP contribution in [-0.2, 0) is 4.79 Å². The van der Waals surface area contributed by atoms with Gasteiger partial charge in [0.25, 0.3) is 0 Å². The topological polar surface area (TPSA) is 26.8 Å². The van der Waals surface area contributed by atoms with E-state index in [4.69, 9.17) is 0 Å². The minimum Gasteiger partial charge on any atom is -0.343 e. The maximum atomic E-state index is 14.1. The number of halogens is 3. The second kappa shape index (κ2) is 10.4. The smallest absolute Gasteiger partial charge is 0.222 e. The zero-order chi connectivity index (χ0) is 22.1. The molecule has 3 aliphatic rings. The summed E-state index contributed by atoms with van der Waals surface area (Å²) < 4.78 is 27.6. The molecule has 2 aromatic carbocycles. The average Bonchev–Trinajstić information content (AvgIpc) is 3.11. The number of carbonyl (C=O) groups is 1. The predicted molar refractivity (Wildman–Crippen MR) is 129 cm³/mol. The molecule has 0 N–H and O–H groups in total. The van der Waals surface area contributed by atoms with Gasteiger partial charge in [0.05, 0.1) is 0 Å². The lowest BCUT2D eigenvalue weighted by Gasteiger charge is -2.39. The molecule has 7 heteroatoms. The van der Waals surface area contributed by atoms with Crippen molar-refractivity contribution in [3.63, 3.8) is 0 Å². The monoisotopic (exact) mass is 475 g/mol. The first-order valence-electron chi connectivity index (χ1n) is 11.9. The Hall–Kier alpha value is -2.18. The molecule has 33 heavy (non-hydrogen) atoms. The van der Waals surface area contributed by atoms with Crippen molar-refractivity contribution in [3.8, 4) is 0 Å². The fourth-order valence-electron chi connectivity index (χ4n) is 5.71. The molecule has 0 bridgehead atoms. The summed E-state index contributed by atoms with van der Waals surface area (Å²) in [7, 11) is 0. The van der Waals surface area contributed by atoms with Gasteiger partial charge in [-0.15, -0.1) is 12.4 Å². The minimum absolute atomic E-state index is 0. The zero-order valence-electron chi connectivity index (χ0n) is 18.9. The van der Waals surface area contributed by atoms with Crippen LogP contribution in [0.1, 0.15) is 50.0 Å². The third-order valence-electron chi connectivity index (χ3n) is 7.32. The van der Waals surface area contributed by atoms with Crippen LogP contribution >= 0.6 is 12.4 Å². The van der Waals surface area contributed by atoms with Gasteiger partial charge in [-0.2, -0.15) is 0 Å². The fourth-order valence-corrected chi connectivity index (χ4v) is 5.71. The highest BCUT2D eigenvalue weighted by Crippen LogP contribution is 2.48. The summed E-state index contributed by atoms with van der Waals surface area (Å²) in [6.07, 6.45) is 5.95. The van der Waals surface area contributed by atoms with E-state index >= 15 is 0 Å². The van der Waals surface area contributed by atoms with Crippen molar-refractivity contribution in [1.29, 1.82) is 0 Å². The molecule has 5 rings (SSSR count). The first-order chi connectivity index (χ1) is 15.6. The van der Waals surface area contributed by atoms with E-state index in [1.807, 2.05) is 23.1 Å². The van der Waals surface area contributed by atoms with Crippen molar-refractivity contribution in [3.05, 3.63) is 59.7 Å². The van der Waals surface area contributed by atoms with Crippen molar-refractivity contribution < 1.29 is 13.6 Å². The van der Waals surface area contributed by atoms with Gasteiger partial charge in [-0.25, -0.2) is 8.78 Å². The second-order valence-corrected chi connectivity index (χ2v) is 9.36. The summed E-state index contributed by atoms with van der Waals surface area (Å²) in [5.41, 5.74) is 3.06. The van der Waals surface area contributed by atoms with Crippen LogP contribution in [0.4, 0.5) is 20.2 Å². The Labute approximate surface area is 201 Å². The Morgan fingerprint density at radius 2 is 1.67 bits per heavy atom. The molecule has 0 spiro atoms. The number of anilines is 2. The number of rotatable bonds is 6. The number of likely N-dealkylation sites (tertiary alicyclic amines) is 2. The SMILES string of the molecule is Cl.O=C1CCCCN1CCCCN1CC[C@@H]2[C@@H](C1)c1cc(F)ccc1N2c1ccc(F)cc1. The summed E-state index contributed by atoms with van der Waals surface area (Å²) in [4.78, 5) is 18.8. The largest absolute Gasteiger partial charge is 0.343 e. The first-order valence-corrected chi connectivity index (χ1v) is 11.9. The van der Waals surface area contributed by atoms with Crippen LogP contribution in [-0.4, -0.2) is 54.5 Å². The molecule has 2 atom stereocenters. The Morgan fingerprint density at radius 3 is 2.45 bits per heavy atom. The molecule has 178 valence electrons. The summed E-state index contributed by atoms with van der Waals surface area (Å²) in [5.74, 6) is 0.0994. The highest BCUT2D eigenvalue weighted by atomic mass is 35.5. The lowest BCUT2D eigenvalue weighted by molar-refractivity contribution is -0.133. The van der Waals surface area contributed by atoms with E-state index in [9.17, 15) is 13.6 Å². The number of hydrogen-bond acceptors (Lipinski definition) is 3. The summed E-state index contributed by atoms with van der Waals surface area (Å²) in [6.45, 7) is 4.69. The normalized spacial score (nSPS) is 22.7. The third kappa shape index (κ3) is 5.02. The quantitative estimate of drug-likeness (QED) is 0.517. The van der Waals surface area contributed by atoms with E-state index in [-0.39, 0.29) is 36.0 Å². The lowest BCUT2D eigenvalue weighted by atomic mass is 9.89. The minimum atomic E-state index is -0.245. The fraction of sp³-hybridized carbons (Fsp3) is 0.500. The van der Waals surface area contributed by atoms with Crippen molar-refractivity contribution in [1.82, 2.24) is 9.80 Å². The second-order valence-electron chi connectivity index (χ2n) is 9.36. The Bertz CT molecular complexity index is 971. The highest BCUT2D eigenvalue weighted by Gasteiger charge is 2.42. The van der Waals surface area contributed by atoms with E-state index < -0.39 is 0 Å². The summed E-state index contributed by atoms with van der Waals surface area (Å²) >= 11 is 0. The number of nitrogens with zero attached hydrogens (tertiary/aromatic N) is 3. The number of piperidine rings is 2. The number of unbranched alkanes of at least 4 members (excludes halogenated alkanes) is 1. The Balaban J connectivity index is 0.00000259. The Kier molecular flexibility index (Phi) is 7.55. The van der Waals surface area contributed by atoms with E-state index in [1.165, 1.54) is 18.2 Å². The van der Waals surface area contributed by atoms with Gasteiger partial charge < -0.3 is 14.7 Å². The van der Waals surface area contributed by atoms with Crippen LogP contribution in [0.2, 0.25) is 0 Å². The third-order valence-corrected chi connectivity index (χ3v) is 7.32. The molecule has 4 nitrogen and oxygen atoms in total. The maximum absolute atomic E-state index is 14.1. The average molecular weight is 476 g/mol. The molecule has 3 heterocycles. The van der Waals surface area contributed by atoms with Gasteiger partial charge in [-0.05, 0) is 86.7 Å². The van der Waals surface area contributed by atoms with Gasteiger partial charge in [-0.1, -0.05) is 0 Å². The van der Waals surface area contributed by atoms with Gasteiger partial charge in [0.1, 0.15) is 11.6 Å². The van der Waals surface area contributed by atoms with Crippen LogP contribution in [0, 0.1) is 11.6 Å². The van der Waals surface area contributed by atoms with E-state index in [0.29, 0.717) is 12.3 Å². The van der Waals surface area contributed by atoms with Crippen molar-refractivity contribution in [2.75, 3.05) is 37.6 Å². The molecule has 2 saturated heterocycles. The standard InChI is InChI=1S/C26H31F2N3O.ClH/c27-19-6-9-21(10-7-19)31-24-11-8-20(28)17-22(24)23-18-29(16-12-25(23)31)13-3-4-15-30-14-2-1-5-26(30)32;/h6-11,17,23,25H,1-5,12-16,18H2;1H/t23-,25+;/m0./s1. The molecular weight excluding hydrogens is 444 g/mol. The summed E-state index contributed by atoms with van der Waals surface area (Å²) in [5, 5.41) is 0. The van der Waals surface area contributed by atoms with Crippen LogP contribution in [0.25, 0.3) is 0 Å². The van der Waals surface area contributed by atoms with Gasteiger partial charge in [0.15, 0.2) is 0 Å². The van der Waals surface area contributed by atoms with Gasteiger partial charge in [-0.3, -0.25) is 4.79 Å². The van der Waals surface area contributed by atoms with Crippen LogP contribution in [0.5, 0.6) is 0 Å². The van der Waals surface area contributed by atoms with E-state index in [0.717, 1.165) is 81.8 Å². The van der Waals surface area contributed by atoms with Gasteiger partial charge >= 0.3 is 0 Å². The summed E-state index contributed by atoms with van der Waals surface area (Å²) in [6, 6.07) is 12.0. The molecule has 0 unspecified atom stereocenters. The van der Waals surface area contributed by atoms with Crippen molar-refractivity contribution >= 4 is 29.7 Å². The molecular formula is C26H32ClF2N3O. The lowest BCUT2D eigenvalue weighted by Crippen LogP contribution is -2.45. The predicted octanol–water partition coefficient (Wildman–Crippen LogP) is 5.49. The number of benzene rings is 2. The van der Waals surface area contributed by atoms with Crippen LogP contribution < -0.4 is 4.90 Å². The van der Waals surface area contributed by atoms with E-state index in [1.54, 1.807) is 6.07 Å². The number of hydrogen-bond donors (Lipinski definition) is 0. The molecule has 3 aliphatic heterocycles. The van der Waals surface area contributed by atoms with Gasteiger partial charge in [0, 0.05) is 55.9 Å². The molecule has 0 radical (unpaired) electrons. The highest BCUT2D eigenvalue weighted by molar-refractivity contribution is 5.85. The van der Waals surface area contributed by atoms with Crippen molar-refractivity contribution in [2.45, 2.75) is 50.5 Å². The molecule has 0 saturated carbocycles. The first kappa shape index (κ1) is 24.0. The molecule has 1 amide bonds. The zero-order valence-corrected chi connectivity index (χ0v) is 19.7. The number of fused-ring (bicyclic) bond motifs is 3. The molecule has 0 aliphatic carbocycles. The Morgan fingerprint density at radius 1 is 0.909 bits per heavy atom. The number of carbonyl (C=O) groups excluding carboxylic acids is 1. The van der Waals surface area contributed by atoms with Gasteiger partial charge in [0.2, 0.25) is 5.91 Å². The number of amides is 1. The van der Waals surface area contributed by atoms with Crippen LogP contribution in [0.15, 0.2) is 42.5 Å². The van der Waals surface area contributed by atoms with E-state index in [2.05, 4.69) is 9.80 Å². The maximum Gasteiger partial charge on any atom is 0.222 e. The molecule has 2 aromatic rings. The van der Waals surface area contributed by atoms with Crippen molar-refractivity contribution in [2.24, 2.45) is 0 Å².